The first-order valence-electron chi connectivity index (χ1n) is 4.21. The Morgan fingerprint density at radius 1 is 1.25 bits per heavy atom. The molecule has 0 amide bonds. The number of esters is 1. The molecular formula is C9H16O3. The van der Waals surface area contributed by atoms with Crippen LogP contribution in [0, 0.1) is 5.92 Å². The van der Waals surface area contributed by atoms with Crippen LogP contribution in [0.4, 0.5) is 0 Å². The summed E-state index contributed by atoms with van der Waals surface area (Å²) >= 11 is 0. The largest absolute Gasteiger partial charge is 0.432 e. The monoisotopic (exact) mass is 172 g/mol. The molecule has 0 aromatic rings. The number of ether oxygens (including phenoxy) is 2. The topological polar surface area (TPSA) is 35.5 Å². The van der Waals surface area contributed by atoms with Crippen molar-refractivity contribution in [1.29, 1.82) is 0 Å². The fourth-order valence-corrected chi connectivity index (χ4v) is 1.25. The summed E-state index contributed by atoms with van der Waals surface area (Å²) in [6, 6.07) is 0. The van der Waals surface area contributed by atoms with Crippen LogP contribution in [0.3, 0.4) is 0 Å². The van der Waals surface area contributed by atoms with E-state index < -0.39 is 11.4 Å². The van der Waals surface area contributed by atoms with Crippen LogP contribution >= 0.6 is 0 Å². The maximum Gasteiger partial charge on any atom is 0.341 e. The van der Waals surface area contributed by atoms with Gasteiger partial charge in [0.25, 0.3) is 0 Å². The van der Waals surface area contributed by atoms with Gasteiger partial charge >= 0.3 is 5.97 Å². The highest BCUT2D eigenvalue weighted by atomic mass is 16.8. The van der Waals surface area contributed by atoms with Gasteiger partial charge in [-0.3, -0.25) is 0 Å². The predicted molar refractivity (Wildman–Crippen MR) is 44.5 cm³/mol. The Morgan fingerprint density at radius 2 is 1.75 bits per heavy atom. The van der Waals surface area contributed by atoms with Crippen LogP contribution in [0.5, 0.6) is 0 Å². The van der Waals surface area contributed by atoms with Gasteiger partial charge in [0.15, 0.2) is 5.60 Å². The fourth-order valence-electron chi connectivity index (χ4n) is 1.25. The molecule has 0 aromatic heterocycles. The lowest BCUT2D eigenvalue weighted by atomic mass is 9.93. The van der Waals surface area contributed by atoms with E-state index in [4.69, 9.17) is 9.47 Å². The minimum atomic E-state index is -0.774. The smallest absolute Gasteiger partial charge is 0.341 e. The van der Waals surface area contributed by atoms with E-state index in [9.17, 15) is 4.79 Å². The zero-order chi connectivity index (χ0) is 9.57. The van der Waals surface area contributed by atoms with Crippen molar-refractivity contribution in [3.63, 3.8) is 0 Å². The van der Waals surface area contributed by atoms with Crippen LogP contribution in [0.2, 0.25) is 0 Å². The van der Waals surface area contributed by atoms with Crippen LogP contribution in [-0.2, 0) is 14.3 Å². The van der Waals surface area contributed by atoms with E-state index in [0.29, 0.717) is 0 Å². The van der Waals surface area contributed by atoms with Crippen molar-refractivity contribution in [3.8, 4) is 0 Å². The second kappa shape index (κ2) is 2.46. The molecule has 70 valence electrons. The molecule has 1 unspecified atom stereocenters. The van der Waals surface area contributed by atoms with Crippen molar-refractivity contribution in [3.05, 3.63) is 0 Å². The molecule has 12 heavy (non-hydrogen) atoms. The molecule has 0 radical (unpaired) electrons. The molecule has 0 N–H and O–H groups in total. The van der Waals surface area contributed by atoms with Gasteiger partial charge in [0.1, 0.15) is 0 Å². The molecule has 0 bridgehead atoms. The van der Waals surface area contributed by atoms with E-state index in [2.05, 4.69) is 0 Å². The first kappa shape index (κ1) is 9.52. The standard InChI is InChI=1S/C9H16O3/c1-6(2)9(5)7(10)11-8(3,4)12-9/h6H,1-5H3. The van der Waals surface area contributed by atoms with E-state index >= 15 is 0 Å². The van der Waals surface area contributed by atoms with Gasteiger partial charge in [-0.05, 0) is 12.8 Å². The Labute approximate surface area is 73.0 Å². The van der Waals surface area contributed by atoms with E-state index in [1.54, 1.807) is 20.8 Å². The Kier molecular flexibility index (Phi) is 1.95. The van der Waals surface area contributed by atoms with Crippen molar-refractivity contribution in [2.45, 2.75) is 46.0 Å². The maximum absolute atomic E-state index is 11.4. The first-order valence-corrected chi connectivity index (χ1v) is 4.21. The predicted octanol–water partition coefficient (Wildman–Crippen LogP) is 1.71. The zero-order valence-corrected chi connectivity index (χ0v) is 8.30. The third-order valence-corrected chi connectivity index (χ3v) is 2.30. The van der Waals surface area contributed by atoms with Crippen molar-refractivity contribution >= 4 is 5.97 Å². The fraction of sp³-hybridized carbons (Fsp3) is 0.889. The molecule has 1 aliphatic rings. The summed E-state index contributed by atoms with van der Waals surface area (Å²) in [4.78, 5) is 11.4. The van der Waals surface area contributed by atoms with Crippen molar-refractivity contribution in [1.82, 2.24) is 0 Å². The Balaban J connectivity index is 2.89. The summed E-state index contributed by atoms with van der Waals surface area (Å²) in [5.74, 6) is -0.898. The molecule has 1 saturated heterocycles. The van der Waals surface area contributed by atoms with Gasteiger partial charge in [0.05, 0.1) is 0 Å². The maximum atomic E-state index is 11.4. The third kappa shape index (κ3) is 1.33. The summed E-state index contributed by atoms with van der Waals surface area (Å²) in [5.41, 5.74) is -0.774. The van der Waals surface area contributed by atoms with Crippen LogP contribution in [0.25, 0.3) is 0 Å². The summed E-state index contributed by atoms with van der Waals surface area (Å²) in [7, 11) is 0. The third-order valence-electron chi connectivity index (χ3n) is 2.30. The first-order chi connectivity index (χ1) is 5.28. The summed E-state index contributed by atoms with van der Waals surface area (Å²) < 4.78 is 10.6. The minimum Gasteiger partial charge on any atom is -0.432 e. The van der Waals surface area contributed by atoms with Gasteiger partial charge in [-0.15, -0.1) is 0 Å². The van der Waals surface area contributed by atoms with E-state index in [0.717, 1.165) is 0 Å². The normalized spacial score (nSPS) is 34.0. The number of cyclic esters (lactones) is 1. The Bertz CT molecular complexity index is 208. The Morgan fingerprint density at radius 3 is 1.92 bits per heavy atom. The highest BCUT2D eigenvalue weighted by molar-refractivity contribution is 5.81. The van der Waals surface area contributed by atoms with Crippen molar-refractivity contribution in [2.75, 3.05) is 0 Å². The number of carbonyl (C=O) groups is 1. The lowest BCUT2D eigenvalue weighted by molar-refractivity contribution is -0.168. The van der Waals surface area contributed by atoms with Gasteiger partial charge in [0, 0.05) is 13.8 Å². The van der Waals surface area contributed by atoms with Gasteiger partial charge in [-0.2, -0.15) is 0 Å². The molecule has 0 aliphatic carbocycles. The molecule has 1 atom stereocenters. The molecule has 0 aromatic carbocycles. The van der Waals surface area contributed by atoms with Crippen LogP contribution in [-0.4, -0.2) is 17.4 Å². The summed E-state index contributed by atoms with van der Waals surface area (Å²) in [6.45, 7) is 9.16. The van der Waals surface area contributed by atoms with E-state index in [1.807, 2.05) is 13.8 Å². The molecule has 1 aliphatic heterocycles. The molecule has 0 spiro atoms. The molecule has 1 fully saturated rings. The lowest BCUT2D eigenvalue weighted by Gasteiger charge is -2.25. The molecule has 1 heterocycles. The average molecular weight is 172 g/mol. The molecule has 3 heteroatoms. The summed E-state index contributed by atoms with van der Waals surface area (Å²) in [6.07, 6.45) is 0. The number of carbonyl (C=O) groups excluding carboxylic acids is 1. The second-order valence-corrected chi connectivity index (χ2v) is 4.15. The van der Waals surface area contributed by atoms with Crippen LogP contribution in [0.15, 0.2) is 0 Å². The number of hydrogen-bond acceptors (Lipinski definition) is 3. The molecule has 3 nitrogen and oxygen atoms in total. The van der Waals surface area contributed by atoms with Gasteiger partial charge < -0.3 is 9.47 Å². The van der Waals surface area contributed by atoms with Gasteiger partial charge in [-0.25, -0.2) is 4.79 Å². The SMILES string of the molecule is CC(C)C1(C)OC(C)(C)OC1=O. The Hall–Kier alpha value is -0.570. The minimum absolute atomic E-state index is 0.131. The van der Waals surface area contributed by atoms with Gasteiger partial charge in [-0.1, -0.05) is 13.8 Å². The highest BCUT2D eigenvalue weighted by Gasteiger charge is 2.52. The number of rotatable bonds is 1. The zero-order valence-electron chi connectivity index (χ0n) is 8.30. The van der Waals surface area contributed by atoms with Gasteiger partial charge in [0.2, 0.25) is 5.79 Å². The molecule has 1 rings (SSSR count). The number of hydrogen-bond donors (Lipinski definition) is 0. The van der Waals surface area contributed by atoms with E-state index in [1.165, 1.54) is 0 Å². The summed E-state index contributed by atoms with van der Waals surface area (Å²) in [5, 5.41) is 0. The molecular weight excluding hydrogens is 156 g/mol. The molecule has 0 saturated carbocycles. The van der Waals surface area contributed by atoms with Crippen LogP contribution < -0.4 is 0 Å². The highest BCUT2D eigenvalue weighted by Crippen LogP contribution is 2.36. The van der Waals surface area contributed by atoms with Crippen molar-refractivity contribution < 1.29 is 14.3 Å². The van der Waals surface area contributed by atoms with E-state index in [-0.39, 0.29) is 11.9 Å². The van der Waals surface area contributed by atoms with Crippen molar-refractivity contribution in [2.24, 2.45) is 5.92 Å². The van der Waals surface area contributed by atoms with Crippen LogP contribution in [0.1, 0.15) is 34.6 Å². The lowest BCUT2D eigenvalue weighted by Crippen LogP contribution is -2.39. The quantitative estimate of drug-likeness (QED) is 0.565. The second-order valence-electron chi connectivity index (χ2n) is 4.15. The average Bonchev–Trinajstić information content (AvgIpc) is 2.03.